The number of sulfone groups is 1. The molecule has 2 aliphatic rings. The van der Waals surface area contributed by atoms with Crippen molar-refractivity contribution in [2.75, 3.05) is 43.4 Å². The first-order valence-electron chi connectivity index (χ1n) is 9.39. The molecular formula is C19H29IN4O3S. The maximum absolute atomic E-state index is 12.3. The number of nitrogens with one attached hydrogen (secondary N) is 1. The van der Waals surface area contributed by atoms with Crippen molar-refractivity contribution in [3.8, 4) is 0 Å². The summed E-state index contributed by atoms with van der Waals surface area (Å²) in [6, 6.07) is 7.83. The highest BCUT2D eigenvalue weighted by atomic mass is 127. The predicted molar refractivity (Wildman–Crippen MR) is 123 cm³/mol. The minimum Gasteiger partial charge on any atom is -0.357 e. The lowest BCUT2D eigenvalue weighted by Gasteiger charge is -2.39. The van der Waals surface area contributed by atoms with Crippen molar-refractivity contribution < 1.29 is 13.2 Å². The molecule has 2 aliphatic heterocycles. The third-order valence-electron chi connectivity index (χ3n) is 5.19. The van der Waals surface area contributed by atoms with Crippen molar-refractivity contribution in [2.45, 2.75) is 31.9 Å². The standard InChI is InChI=1S/C19H28N4O3S.HI/c1-4-20-18(22-11-12-27(25,26)19(2,3)14-22)21-9-10-23-16-8-6-5-7-15(16)13-17(23)24;/h5-8H,4,9-14H2,1-3H3,(H,20,21);1H. The number of hydrogen-bond acceptors (Lipinski definition) is 4. The third-order valence-corrected chi connectivity index (χ3v) is 7.72. The van der Waals surface area contributed by atoms with Gasteiger partial charge in [-0.25, -0.2) is 8.42 Å². The first-order chi connectivity index (χ1) is 12.7. The first-order valence-corrected chi connectivity index (χ1v) is 11.0. The number of guanidine groups is 1. The SMILES string of the molecule is CCNC(=NCCN1C(=O)Cc2ccccc21)N1CCS(=O)(=O)C(C)(C)C1.I. The van der Waals surface area contributed by atoms with E-state index in [2.05, 4.69) is 10.3 Å². The molecule has 1 aromatic rings. The topological polar surface area (TPSA) is 82.1 Å². The van der Waals surface area contributed by atoms with Crippen LogP contribution in [0.3, 0.4) is 0 Å². The van der Waals surface area contributed by atoms with E-state index in [0.717, 1.165) is 11.3 Å². The molecule has 0 aliphatic carbocycles. The molecule has 9 heteroatoms. The van der Waals surface area contributed by atoms with Gasteiger partial charge >= 0.3 is 0 Å². The maximum Gasteiger partial charge on any atom is 0.231 e. The summed E-state index contributed by atoms with van der Waals surface area (Å²) in [6.45, 7) is 8.04. The molecule has 0 bridgehead atoms. The Labute approximate surface area is 184 Å². The van der Waals surface area contributed by atoms with Gasteiger partial charge in [-0.15, -0.1) is 24.0 Å². The van der Waals surface area contributed by atoms with Crippen LogP contribution < -0.4 is 10.2 Å². The molecule has 28 heavy (non-hydrogen) atoms. The summed E-state index contributed by atoms with van der Waals surface area (Å²) in [5.74, 6) is 0.935. The predicted octanol–water partition coefficient (Wildman–Crippen LogP) is 1.67. The van der Waals surface area contributed by atoms with Gasteiger partial charge in [-0.1, -0.05) is 18.2 Å². The Kier molecular flexibility index (Phi) is 7.35. The van der Waals surface area contributed by atoms with Crippen LogP contribution >= 0.6 is 24.0 Å². The Balaban J connectivity index is 0.00000280. The largest absolute Gasteiger partial charge is 0.357 e. The Morgan fingerprint density at radius 2 is 2.00 bits per heavy atom. The molecule has 0 unspecified atom stereocenters. The molecule has 1 fully saturated rings. The van der Waals surface area contributed by atoms with Gasteiger partial charge in [-0.3, -0.25) is 9.79 Å². The summed E-state index contributed by atoms with van der Waals surface area (Å²) in [7, 11) is -3.09. The van der Waals surface area contributed by atoms with Gasteiger partial charge in [0.15, 0.2) is 15.8 Å². The molecule has 1 N–H and O–H groups in total. The van der Waals surface area contributed by atoms with Crippen LogP contribution in [0.1, 0.15) is 26.3 Å². The Hall–Kier alpha value is -1.36. The lowest BCUT2D eigenvalue weighted by molar-refractivity contribution is -0.117. The van der Waals surface area contributed by atoms with Gasteiger partial charge in [0.25, 0.3) is 0 Å². The molecule has 3 rings (SSSR count). The number of para-hydroxylation sites is 1. The van der Waals surface area contributed by atoms with E-state index >= 15 is 0 Å². The Morgan fingerprint density at radius 3 is 2.68 bits per heavy atom. The average molecular weight is 520 g/mol. The number of rotatable bonds is 4. The van der Waals surface area contributed by atoms with Gasteiger partial charge in [0.05, 0.1) is 23.5 Å². The van der Waals surface area contributed by atoms with E-state index in [-0.39, 0.29) is 35.6 Å². The Bertz CT molecular complexity index is 854. The monoisotopic (exact) mass is 520 g/mol. The zero-order chi connectivity index (χ0) is 19.7. The van der Waals surface area contributed by atoms with E-state index in [1.54, 1.807) is 18.7 Å². The zero-order valence-electron chi connectivity index (χ0n) is 16.6. The fourth-order valence-electron chi connectivity index (χ4n) is 3.57. The van der Waals surface area contributed by atoms with Crippen molar-refractivity contribution in [3.63, 3.8) is 0 Å². The minimum atomic E-state index is -3.09. The number of amides is 1. The summed E-state index contributed by atoms with van der Waals surface area (Å²) in [4.78, 5) is 20.7. The van der Waals surface area contributed by atoms with Gasteiger partial charge in [-0.05, 0) is 32.4 Å². The van der Waals surface area contributed by atoms with Crippen LogP contribution in [-0.2, 0) is 21.1 Å². The second kappa shape index (κ2) is 8.98. The van der Waals surface area contributed by atoms with Crippen molar-refractivity contribution >= 4 is 51.4 Å². The van der Waals surface area contributed by atoms with Crippen LogP contribution in [0.5, 0.6) is 0 Å². The van der Waals surface area contributed by atoms with Crippen molar-refractivity contribution in [3.05, 3.63) is 29.8 Å². The summed E-state index contributed by atoms with van der Waals surface area (Å²) in [5.41, 5.74) is 2.02. The lowest BCUT2D eigenvalue weighted by atomic mass is 10.2. The van der Waals surface area contributed by atoms with Gasteiger partial charge in [0.1, 0.15) is 0 Å². The minimum absolute atomic E-state index is 0. The van der Waals surface area contributed by atoms with E-state index in [1.165, 1.54) is 0 Å². The molecule has 0 radical (unpaired) electrons. The van der Waals surface area contributed by atoms with Crippen molar-refractivity contribution in [2.24, 2.45) is 4.99 Å². The molecule has 0 saturated carbocycles. The number of hydrogen-bond donors (Lipinski definition) is 1. The van der Waals surface area contributed by atoms with Crippen LogP contribution in [0.25, 0.3) is 0 Å². The van der Waals surface area contributed by atoms with E-state index in [1.807, 2.05) is 36.1 Å². The normalized spacial score (nSPS) is 20.5. The summed E-state index contributed by atoms with van der Waals surface area (Å²) in [5, 5.41) is 3.25. The van der Waals surface area contributed by atoms with Gasteiger partial charge < -0.3 is 15.1 Å². The molecule has 1 saturated heterocycles. The quantitative estimate of drug-likeness (QED) is 0.371. The number of carbonyl (C=O) groups is 1. The molecule has 1 amide bonds. The number of carbonyl (C=O) groups excluding carboxylic acids is 1. The molecule has 0 aromatic heterocycles. The molecule has 2 heterocycles. The van der Waals surface area contributed by atoms with Gasteiger partial charge in [0.2, 0.25) is 5.91 Å². The molecule has 1 aromatic carbocycles. The van der Waals surface area contributed by atoms with E-state index in [9.17, 15) is 13.2 Å². The number of benzene rings is 1. The van der Waals surface area contributed by atoms with E-state index in [0.29, 0.717) is 45.1 Å². The number of fused-ring (bicyclic) bond motifs is 1. The van der Waals surface area contributed by atoms with Crippen LogP contribution in [-0.4, -0.2) is 68.4 Å². The molecular weight excluding hydrogens is 491 g/mol. The number of nitrogens with zero attached hydrogens (tertiary/aromatic N) is 3. The smallest absolute Gasteiger partial charge is 0.231 e. The average Bonchev–Trinajstić information content (AvgIpc) is 2.92. The number of halogens is 1. The van der Waals surface area contributed by atoms with Gasteiger partial charge in [-0.2, -0.15) is 0 Å². The fraction of sp³-hybridized carbons (Fsp3) is 0.579. The van der Waals surface area contributed by atoms with Gasteiger partial charge in [0, 0.05) is 31.9 Å². The summed E-state index contributed by atoms with van der Waals surface area (Å²) in [6.07, 6.45) is 0.443. The van der Waals surface area contributed by atoms with Crippen LogP contribution in [0.15, 0.2) is 29.3 Å². The summed E-state index contributed by atoms with van der Waals surface area (Å²) >= 11 is 0. The Morgan fingerprint density at radius 1 is 1.29 bits per heavy atom. The maximum atomic E-state index is 12.3. The second-order valence-electron chi connectivity index (χ2n) is 7.59. The fourth-order valence-corrected chi connectivity index (χ4v) is 4.93. The third kappa shape index (κ3) is 4.61. The molecule has 0 spiro atoms. The van der Waals surface area contributed by atoms with Crippen molar-refractivity contribution in [1.29, 1.82) is 0 Å². The summed E-state index contributed by atoms with van der Waals surface area (Å²) < 4.78 is 23.7. The van der Waals surface area contributed by atoms with Crippen LogP contribution in [0.2, 0.25) is 0 Å². The van der Waals surface area contributed by atoms with Crippen molar-refractivity contribution in [1.82, 2.24) is 10.2 Å². The van der Waals surface area contributed by atoms with E-state index < -0.39 is 14.6 Å². The number of anilines is 1. The number of aliphatic imine (C=N–C) groups is 1. The molecule has 0 atom stereocenters. The molecule has 156 valence electrons. The van der Waals surface area contributed by atoms with E-state index in [4.69, 9.17) is 0 Å². The second-order valence-corrected chi connectivity index (χ2v) is 10.3. The first kappa shape index (κ1) is 22.9. The highest BCUT2D eigenvalue weighted by Crippen LogP contribution is 2.28. The lowest BCUT2D eigenvalue weighted by Crippen LogP contribution is -2.57. The van der Waals surface area contributed by atoms with Crippen LogP contribution in [0.4, 0.5) is 5.69 Å². The highest BCUT2D eigenvalue weighted by molar-refractivity contribution is 14.0. The highest BCUT2D eigenvalue weighted by Gasteiger charge is 2.41. The molecule has 7 nitrogen and oxygen atoms in total. The zero-order valence-corrected chi connectivity index (χ0v) is 19.8. The van der Waals surface area contributed by atoms with Crippen LogP contribution in [0, 0.1) is 0 Å².